The lowest BCUT2D eigenvalue weighted by Crippen LogP contribution is -2.41. The number of ether oxygens (including phenoxy) is 2. The van der Waals surface area contributed by atoms with Crippen LogP contribution in [0.4, 0.5) is 5.82 Å². The second-order valence-corrected chi connectivity index (χ2v) is 12.5. The molecule has 9 nitrogen and oxygen atoms in total. The van der Waals surface area contributed by atoms with Gasteiger partial charge in [-0.2, -0.15) is 0 Å². The molecule has 1 aromatic carbocycles. The molecule has 2 aliphatic heterocycles. The van der Waals surface area contributed by atoms with E-state index in [4.69, 9.17) is 19.4 Å². The molecule has 0 amide bonds. The summed E-state index contributed by atoms with van der Waals surface area (Å²) in [5.74, 6) is 2.43. The van der Waals surface area contributed by atoms with Crippen LogP contribution in [0.5, 0.6) is 5.75 Å². The largest absolute Gasteiger partial charge is 0.485 e. The van der Waals surface area contributed by atoms with Crippen LogP contribution >= 0.6 is 11.3 Å². The number of fused-ring (bicyclic) bond motifs is 2. The number of anilines is 1. The van der Waals surface area contributed by atoms with E-state index in [0.717, 1.165) is 71.4 Å². The third kappa shape index (κ3) is 5.59. The second kappa shape index (κ2) is 12.0. The van der Waals surface area contributed by atoms with Gasteiger partial charge >= 0.3 is 0 Å². The molecule has 10 heteroatoms. The van der Waals surface area contributed by atoms with E-state index in [1.54, 1.807) is 6.20 Å². The fourth-order valence-corrected chi connectivity index (χ4v) is 7.14. The molecule has 2 aliphatic rings. The molecule has 0 unspecified atom stereocenters. The second-order valence-electron chi connectivity index (χ2n) is 11.3. The van der Waals surface area contributed by atoms with Gasteiger partial charge in [0, 0.05) is 56.0 Å². The van der Waals surface area contributed by atoms with Crippen LogP contribution < -0.4 is 9.64 Å². The first-order valence-electron chi connectivity index (χ1n) is 14.8. The Morgan fingerprint density at radius 1 is 1.00 bits per heavy atom. The number of pyridine rings is 1. The predicted molar refractivity (Wildman–Crippen MR) is 167 cm³/mol. The lowest BCUT2D eigenvalue weighted by Gasteiger charge is -2.34. The summed E-state index contributed by atoms with van der Waals surface area (Å²) in [6.07, 6.45) is 6.19. The normalized spacial score (nSPS) is 17.1. The van der Waals surface area contributed by atoms with Gasteiger partial charge in [-0.25, -0.2) is 15.0 Å². The van der Waals surface area contributed by atoms with Crippen molar-refractivity contribution in [3.05, 3.63) is 71.4 Å². The molecular formula is C32H37N7O2S. The zero-order valence-electron chi connectivity index (χ0n) is 24.3. The van der Waals surface area contributed by atoms with Crippen LogP contribution in [0.25, 0.3) is 27.4 Å². The van der Waals surface area contributed by atoms with Gasteiger partial charge < -0.3 is 19.3 Å². The summed E-state index contributed by atoms with van der Waals surface area (Å²) in [6.45, 7) is 6.75. The Kier molecular flexibility index (Phi) is 7.77. The summed E-state index contributed by atoms with van der Waals surface area (Å²) in [5.41, 5.74) is 3.77. The average Bonchev–Trinajstić information content (AvgIpc) is 3.68. The Morgan fingerprint density at radius 3 is 2.60 bits per heavy atom. The maximum absolute atomic E-state index is 6.19. The van der Waals surface area contributed by atoms with Crippen LogP contribution in [-0.4, -0.2) is 88.7 Å². The van der Waals surface area contributed by atoms with E-state index in [1.165, 1.54) is 17.7 Å². The van der Waals surface area contributed by atoms with Crippen LogP contribution in [0.1, 0.15) is 23.3 Å². The molecule has 0 spiro atoms. The topological polar surface area (TPSA) is 71.3 Å². The highest BCUT2D eigenvalue weighted by atomic mass is 32.1. The smallest absolute Gasteiger partial charge is 0.180 e. The van der Waals surface area contributed by atoms with E-state index < -0.39 is 0 Å². The molecule has 0 saturated carbocycles. The van der Waals surface area contributed by atoms with Gasteiger partial charge in [-0.1, -0.05) is 30.3 Å². The first kappa shape index (κ1) is 27.3. The Bertz CT molecular complexity index is 1650. The van der Waals surface area contributed by atoms with E-state index in [-0.39, 0.29) is 0 Å². The molecule has 2 saturated heterocycles. The minimum Gasteiger partial charge on any atom is -0.485 e. The van der Waals surface area contributed by atoms with E-state index in [9.17, 15) is 0 Å². The van der Waals surface area contributed by atoms with Crippen molar-refractivity contribution in [3.63, 3.8) is 0 Å². The number of morpholine rings is 1. The Balaban J connectivity index is 1.21. The number of likely N-dealkylation sites (tertiary alicyclic amines) is 1. The van der Waals surface area contributed by atoms with E-state index in [0.29, 0.717) is 31.7 Å². The molecule has 0 radical (unpaired) electrons. The highest BCUT2D eigenvalue weighted by Gasteiger charge is 2.24. The molecule has 0 N–H and O–H groups in total. The SMILES string of the molecule is CN(C)C1CCN(Cc2cc3nc(-c4ccc(OCc5ccccc5)c5nccn45)nc(N4CCOCC4)c3s2)CC1. The number of imidazole rings is 1. The zero-order valence-corrected chi connectivity index (χ0v) is 25.1. The minimum absolute atomic E-state index is 0.483. The van der Waals surface area contributed by atoms with Crippen LogP contribution in [-0.2, 0) is 17.9 Å². The Labute approximate surface area is 250 Å². The van der Waals surface area contributed by atoms with Crippen molar-refractivity contribution in [2.75, 3.05) is 58.4 Å². The summed E-state index contributed by atoms with van der Waals surface area (Å²) >= 11 is 1.84. The molecule has 6 heterocycles. The molecule has 0 aliphatic carbocycles. The van der Waals surface area contributed by atoms with E-state index in [2.05, 4.69) is 52.0 Å². The third-order valence-corrected chi connectivity index (χ3v) is 9.47. The maximum Gasteiger partial charge on any atom is 0.180 e. The Morgan fingerprint density at radius 2 is 1.81 bits per heavy atom. The standard InChI is InChI=1S/C32H37N7O2S/c1-36(2)24-10-13-37(14-11-24)21-25-20-26-29(42-25)32(38-16-18-40-19-17-38)35-30(34-26)27-8-9-28(31-33-12-15-39(27)31)41-22-23-6-4-3-5-7-23/h3-9,12,15,20,24H,10-11,13-14,16-19,21-22H2,1-2H3. The van der Waals surface area contributed by atoms with Crippen LogP contribution in [0.2, 0.25) is 0 Å². The highest BCUT2D eigenvalue weighted by molar-refractivity contribution is 7.19. The lowest BCUT2D eigenvalue weighted by molar-refractivity contribution is 0.122. The molecule has 218 valence electrons. The van der Waals surface area contributed by atoms with Crippen molar-refractivity contribution < 1.29 is 9.47 Å². The van der Waals surface area contributed by atoms with Gasteiger partial charge in [-0.05, 0) is 50.7 Å². The molecule has 7 rings (SSSR count). The minimum atomic E-state index is 0.483. The monoisotopic (exact) mass is 583 g/mol. The quantitative estimate of drug-likeness (QED) is 0.254. The maximum atomic E-state index is 6.19. The van der Waals surface area contributed by atoms with Crippen molar-refractivity contribution in [1.29, 1.82) is 0 Å². The number of rotatable bonds is 8. The van der Waals surface area contributed by atoms with Crippen LogP contribution in [0.15, 0.2) is 60.9 Å². The molecule has 42 heavy (non-hydrogen) atoms. The summed E-state index contributed by atoms with van der Waals surface area (Å²) in [5, 5.41) is 0. The van der Waals surface area contributed by atoms with Gasteiger partial charge in [0.15, 0.2) is 23.0 Å². The number of thiophene rings is 1. The van der Waals surface area contributed by atoms with Crippen molar-refractivity contribution in [1.82, 2.24) is 29.2 Å². The van der Waals surface area contributed by atoms with Crippen molar-refractivity contribution in [3.8, 4) is 17.3 Å². The fourth-order valence-electron chi connectivity index (χ4n) is 5.98. The van der Waals surface area contributed by atoms with Gasteiger partial charge in [-0.15, -0.1) is 11.3 Å². The number of hydrogen-bond acceptors (Lipinski definition) is 9. The molecule has 2 fully saturated rings. The molecule has 5 aromatic rings. The van der Waals surface area contributed by atoms with Crippen molar-refractivity contribution in [2.24, 2.45) is 0 Å². The van der Waals surface area contributed by atoms with Gasteiger partial charge in [0.25, 0.3) is 0 Å². The molecular weight excluding hydrogens is 546 g/mol. The predicted octanol–water partition coefficient (Wildman–Crippen LogP) is 4.95. The molecule has 0 bridgehead atoms. The van der Waals surface area contributed by atoms with Crippen molar-refractivity contribution in [2.45, 2.75) is 32.0 Å². The van der Waals surface area contributed by atoms with Crippen LogP contribution in [0.3, 0.4) is 0 Å². The van der Waals surface area contributed by atoms with Crippen LogP contribution in [0, 0.1) is 0 Å². The number of aromatic nitrogens is 4. The summed E-state index contributed by atoms with van der Waals surface area (Å²) in [7, 11) is 4.39. The first-order valence-corrected chi connectivity index (χ1v) is 15.6. The molecule has 0 atom stereocenters. The number of piperidine rings is 1. The fraction of sp³-hybridized carbons (Fsp3) is 0.406. The Hall–Kier alpha value is -3.57. The highest BCUT2D eigenvalue weighted by Crippen LogP contribution is 2.36. The number of benzene rings is 1. The summed E-state index contributed by atoms with van der Waals surface area (Å²) < 4.78 is 15.1. The number of nitrogens with zero attached hydrogens (tertiary/aromatic N) is 7. The number of hydrogen-bond donors (Lipinski definition) is 0. The van der Waals surface area contributed by atoms with Crippen molar-refractivity contribution >= 4 is 33.0 Å². The lowest BCUT2D eigenvalue weighted by atomic mass is 10.0. The van der Waals surface area contributed by atoms with Gasteiger partial charge in [0.05, 0.1) is 29.1 Å². The van der Waals surface area contributed by atoms with Gasteiger partial charge in [0.1, 0.15) is 6.61 Å². The van der Waals surface area contributed by atoms with Gasteiger partial charge in [0.2, 0.25) is 0 Å². The average molecular weight is 584 g/mol. The third-order valence-electron chi connectivity index (χ3n) is 8.36. The van der Waals surface area contributed by atoms with E-state index >= 15 is 0 Å². The van der Waals surface area contributed by atoms with E-state index in [1.807, 2.05) is 52.3 Å². The molecule has 4 aromatic heterocycles. The summed E-state index contributed by atoms with van der Waals surface area (Å²) in [6, 6.07) is 17.2. The summed E-state index contributed by atoms with van der Waals surface area (Å²) in [4.78, 5) is 23.6. The van der Waals surface area contributed by atoms with Gasteiger partial charge in [-0.3, -0.25) is 9.30 Å². The zero-order chi connectivity index (χ0) is 28.5. The first-order chi connectivity index (χ1) is 20.6.